The highest BCUT2D eigenvalue weighted by molar-refractivity contribution is 5.68. The number of piperidine rings is 1. The maximum atomic E-state index is 12.1. The van der Waals surface area contributed by atoms with Gasteiger partial charge in [0.1, 0.15) is 5.60 Å². The lowest BCUT2D eigenvalue weighted by atomic mass is 9.85. The minimum atomic E-state index is -0.410. The molecule has 1 aliphatic heterocycles. The molecule has 1 saturated heterocycles. The zero-order valence-electron chi connectivity index (χ0n) is 14.9. The van der Waals surface area contributed by atoms with E-state index in [1.807, 2.05) is 38.1 Å². The molecule has 1 aromatic rings. The van der Waals surface area contributed by atoms with Crippen molar-refractivity contribution in [3.05, 3.63) is 30.1 Å². The first-order valence-corrected chi connectivity index (χ1v) is 8.70. The monoisotopic (exact) mass is 318 g/mol. The second-order valence-electron chi connectivity index (χ2n) is 7.81. The second kappa shape index (κ2) is 7.80. The third-order valence-electron chi connectivity index (χ3n) is 4.34. The molecule has 0 aliphatic carbocycles. The van der Waals surface area contributed by atoms with Gasteiger partial charge in [-0.2, -0.15) is 0 Å². The van der Waals surface area contributed by atoms with Gasteiger partial charge in [0, 0.05) is 25.5 Å². The SMILES string of the molecule is CC(Cc1ccncc1)CC1CCN(C(=O)OC(C)(C)C)CC1. The average Bonchev–Trinajstić information content (AvgIpc) is 2.47. The Morgan fingerprint density at radius 3 is 2.48 bits per heavy atom. The fraction of sp³-hybridized carbons (Fsp3) is 0.684. The number of hydrogen-bond donors (Lipinski definition) is 0. The van der Waals surface area contributed by atoms with Crippen molar-refractivity contribution in [2.45, 2.75) is 59.0 Å². The second-order valence-corrected chi connectivity index (χ2v) is 7.81. The number of likely N-dealkylation sites (tertiary alicyclic amines) is 1. The van der Waals surface area contributed by atoms with E-state index in [1.54, 1.807) is 0 Å². The lowest BCUT2D eigenvalue weighted by Gasteiger charge is -2.34. The molecule has 0 bridgehead atoms. The molecule has 2 rings (SSSR count). The van der Waals surface area contributed by atoms with Crippen molar-refractivity contribution < 1.29 is 9.53 Å². The van der Waals surface area contributed by atoms with Gasteiger partial charge >= 0.3 is 6.09 Å². The van der Waals surface area contributed by atoms with Crippen molar-refractivity contribution in [2.24, 2.45) is 11.8 Å². The molecule has 0 radical (unpaired) electrons. The number of carbonyl (C=O) groups excluding carboxylic acids is 1. The Bertz CT molecular complexity index is 488. The number of aromatic nitrogens is 1. The van der Waals surface area contributed by atoms with E-state index in [0.717, 1.165) is 32.4 Å². The maximum absolute atomic E-state index is 12.1. The molecule has 1 aliphatic rings. The summed E-state index contributed by atoms with van der Waals surface area (Å²) < 4.78 is 5.45. The molecule has 1 unspecified atom stereocenters. The molecule has 1 aromatic heterocycles. The van der Waals surface area contributed by atoms with E-state index >= 15 is 0 Å². The van der Waals surface area contributed by atoms with Gasteiger partial charge in [-0.15, -0.1) is 0 Å². The first-order valence-electron chi connectivity index (χ1n) is 8.70. The van der Waals surface area contributed by atoms with Crippen LogP contribution in [0.4, 0.5) is 4.79 Å². The normalized spacial score (nSPS) is 17.8. The number of carbonyl (C=O) groups is 1. The molecule has 0 N–H and O–H groups in total. The lowest BCUT2D eigenvalue weighted by Crippen LogP contribution is -2.41. The van der Waals surface area contributed by atoms with Crippen LogP contribution in [-0.4, -0.2) is 34.7 Å². The van der Waals surface area contributed by atoms with Crippen LogP contribution in [0.25, 0.3) is 0 Å². The number of ether oxygens (including phenoxy) is 1. The van der Waals surface area contributed by atoms with Crippen LogP contribution in [0.1, 0.15) is 52.5 Å². The number of amides is 1. The van der Waals surface area contributed by atoms with Crippen molar-refractivity contribution in [3.8, 4) is 0 Å². The molecule has 1 fully saturated rings. The van der Waals surface area contributed by atoms with Gasteiger partial charge in [0.15, 0.2) is 0 Å². The Morgan fingerprint density at radius 1 is 1.30 bits per heavy atom. The fourth-order valence-corrected chi connectivity index (χ4v) is 3.25. The van der Waals surface area contributed by atoms with Crippen LogP contribution in [0, 0.1) is 11.8 Å². The van der Waals surface area contributed by atoms with Crippen molar-refractivity contribution in [1.29, 1.82) is 0 Å². The third-order valence-corrected chi connectivity index (χ3v) is 4.34. The van der Waals surface area contributed by atoms with E-state index in [1.165, 1.54) is 12.0 Å². The first-order chi connectivity index (χ1) is 10.8. The van der Waals surface area contributed by atoms with Gasteiger partial charge < -0.3 is 9.64 Å². The minimum Gasteiger partial charge on any atom is -0.444 e. The largest absolute Gasteiger partial charge is 0.444 e. The zero-order chi connectivity index (χ0) is 16.9. The molecule has 4 nitrogen and oxygen atoms in total. The summed E-state index contributed by atoms with van der Waals surface area (Å²) in [5, 5.41) is 0. The summed E-state index contributed by atoms with van der Waals surface area (Å²) >= 11 is 0. The van der Waals surface area contributed by atoms with Gasteiger partial charge in [0.2, 0.25) is 0 Å². The molecule has 1 atom stereocenters. The Balaban J connectivity index is 1.73. The molecule has 0 saturated carbocycles. The first kappa shape index (κ1) is 17.8. The predicted octanol–water partition coefficient (Wildman–Crippen LogP) is 4.30. The quantitative estimate of drug-likeness (QED) is 0.831. The summed E-state index contributed by atoms with van der Waals surface area (Å²) in [6.07, 6.45) is 8.06. The molecule has 128 valence electrons. The maximum Gasteiger partial charge on any atom is 0.410 e. The summed E-state index contributed by atoms with van der Waals surface area (Å²) in [4.78, 5) is 18.0. The van der Waals surface area contributed by atoms with Gasteiger partial charge in [-0.3, -0.25) is 4.98 Å². The molecule has 23 heavy (non-hydrogen) atoms. The van der Waals surface area contributed by atoms with E-state index < -0.39 is 5.60 Å². The van der Waals surface area contributed by atoms with E-state index in [2.05, 4.69) is 24.0 Å². The topological polar surface area (TPSA) is 42.4 Å². The molecule has 2 heterocycles. The Labute approximate surface area is 140 Å². The fourth-order valence-electron chi connectivity index (χ4n) is 3.25. The zero-order valence-corrected chi connectivity index (χ0v) is 14.9. The van der Waals surface area contributed by atoms with Crippen LogP contribution < -0.4 is 0 Å². The van der Waals surface area contributed by atoms with Gasteiger partial charge in [-0.25, -0.2) is 4.79 Å². The third kappa shape index (κ3) is 6.20. The smallest absolute Gasteiger partial charge is 0.410 e. The van der Waals surface area contributed by atoms with Crippen LogP contribution in [-0.2, 0) is 11.2 Å². The average molecular weight is 318 g/mol. The summed E-state index contributed by atoms with van der Waals surface area (Å²) in [7, 11) is 0. The van der Waals surface area contributed by atoms with Crippen LogP contribution in [0.3, 0.4) is 0 Å². The molecule has 4 heteroatoms. The van der Waals surface area contributed by atoms with E-state index in [0.29, 0.717) is 11.8 Å². The Kier molecular flexibility index (Phi) is 6.03. The molecular formula is C19H30N2O2. The van der Waals surface area contributed by atoms with Crippen LogP contribution in [0.2, 0.25) is 0 Å². The van der Waals surface area contributed by atoms with Gasteiger partial charge in [0.05, 0.1) is 0 Å². The highest BCUT2D eigenvalue weighted by Crippen LogP contribution is 2.26. The van der Waals surface area contributed by atoms with Crippen molar-refractivity contribution in [1.82, 2.24) is 9.88 Å². The summed E-state index contributed by atoms with van der Waals surface area (Å²) in [6, 6.07) is 4.20. The molecule has 1 amide bonds. The van der Waals surface area contributed by atoms with Crippen LogP contribution >= 0.6 is 0 Å². The number of pyridine rings is 1. The summed E-state index contributed by atoms with van der Waals surface area (Å²) in [5.41, 5.74) is 0.950. The minimum absolute atomic E-state index is 0.166. The summed E-state index contributed by atoms with van der Waals surface area (Å²) in [5.74, 6) is 1.38. The number of hydrogen-bond acceptors (Lipinski definition) is 3. The van der Waals surface area contributed by atoms with Crippen molar-refractivity contribution >= 4 is 6.09 Å². The van der Waals surface area contributed by atoms with E-state index in [4.69, 9.17) is 4.74 Å². The molecular weight excluding hydrogens is 288 g/mol. The van der Waals surface area contributed by atoms with Crippen molar-refractivity contribution in [3.63, 3.8) is 0 Å². The van der Waals surface area contributed by atoms with E-state index in [-0.39, 0.29) is 6.09 Å². The van der Waals surface area contributed by atoms with Crippen LogP contribution in [0.15, 0.2) is 24.5 Å². The predicted molar refractivity (Wildman–Crippen MR) is 92.3 cm³/mol. The number of nitrogens with zero attached hydrogens (tertiary/aromatic N) is 2. The Morgan fingerprint density at radius 2 is 1.91 bits per heavy atom. The standard InChI is InChI=1S/C19H30N2O2/c1-15(13-16-5-9-20-10-6-16)14-17-7-11-21(12-8-17)18(22)23-19(2,3)4/h5-6,9-10,15,17H,7-8,11-14H2,1-4H3. The molecule has 0 spiro atoms. The van der Waals surface area contributed by atoms with Crippen LogP contribution in [0.5, 0.6) is 0 Å². The summed E-state index contributed by atoms with van der Waals surface area (Å²) in [6.45, 7) is 9.71. The Hall–Kier alpha value is -1.58. The highest BCUT2D eigenvalue weighted by atomic mass is 16.6. The molecule has 0 aromatic carbocycles. The van der Waals surface area contributed by atoms with Gasteiger partial charge in [0.25, 0.3) is 0 Å². The lowest BCUT2D eigenvalue weighted by molar-refractivity contribution is 0.0176. The van der Waals surface area contributed by atoms with Gasteiger partial charge in [-0.1, -0.05) is 6.92 Å². The highest BCUT2D eigenvalue weighted by Gasteiger charge is 2.27. The van der Waals surface area contributed by atoms with Crippen molar-refractivity contribution in [2.75, 3.05) is 13.1 Å². The van der Waals surface area contributed by atoms with E-state index in [9.17, 15) is 4.79 Å². The number of rotatable bonds is 4. The van der Waals surface area contributed by atoms with Gasteiger partial charge in [-0.05, 0) is 76.0 Å².